The minimum atomic E-state index is -4.43. The molecule has 0 N–H and O–H groups in total. The summed E-state index contributed by atoms with van der Waals surface area (Å²) in [5, 5.41) is 0. The number of hydrogen-bond acceptors (Lipinski definition) is 4. The molecule has 0 saturated heterocycles. The van der Waals surface area contributed by atoms with Crippen molar-refractivity contribution in [3.05, 3.63) is 58.7 Å². The highest BCUT2D eigenvalue weighted by Crippen LogP contribution is 2.32. The van der Waals surface area contributed by atoms with Crippen LogP contribution in [0.4, 0.5) is 24.5 Å². The normalized spacial score (nSPS) is 10.5. The zero-order valence-electron chi connectivity index (χ0n) is 16.0. The van der Waals surface area contributed by atoms with Gasteiger partial charge in [-0.25, -0.2) is 0 Å². The summed E-state index contributed by atoms with van der Waals surface area (Å²) in [7, 11) is 7.21. The number of anilines is 2. The zero-order valence-corrected chi connectivity index (χ0v) is 16.0. The van der Waals surface area contributed by atoms with E-state index in [2.05, 4.69) is 0 Å². The van der Waals surface area contributed by atoms with Gasteiger partial charge in [0.05, 0.1) is 5.56 Å². The zero-order chi connectivity index (χ0) is 20.8. The minimum absolute atomic E-state index is 0.0218. The van der Waals surface area contributed by atoms with Crippen LogP contribution >= 0.6 is 0 Å². The first-order chi connectivity index (χ1) is 12.5. The Labute approximate surface area is 157 Å². The second-order valence-electron chi connectivity index (χ2n) is 6.38. The van der Waals surface area contributed by atoms with Crippen LogP contribution in [0.15, 0.2) is 36.4 Å². The number of aldehydes is 2. The average molecular weight is 380 g/mol. The van der Waals surface area contributed by atoms with Gasteiger partial charge >= 0.3 is 6.18 Å². The van der Waals surface area contributed by atoms with Crippen LogP contribution in [0.25, 0.3) is 0 Å². The number of carbonyl (C=O) groups excluding carboxylic acids is 2. The van der Waals surface area contributed by atoms with Crippen molar-refractivity contribution in [2.75, 3.05) is 38.0 Å². The first-order valence-corrected chi connectivity index (χ1v) is 8.07. The number of hydrogen-bond donors (Lipinski definition) is 0. The average Bonchev–Trinajstić information content (AvgIpc) is 2.60. The van der Waals surface area contributed by atoms with E-state index in [1.807, 2.05) is 44.1 Å². The minimum Gasteiger partial charge on any atom is -0.378 e. The van der Waals surface area contributed by atoms with Gasteiger partial charge in [-0.1, -0.05) is 0 Å². The summed E-state index contributed by atoms with van der Waals surface area (Å²) in [5.41, 5.74) is 2.58. The molecular weight excluding hydrogens is 357 g/mol. The molecule has 2 aromatic rings. The molecule has 0 amide bonds. The van der Waals surface area contributed by atoms with Gasteiger partial charge in [0.2, 0.25) is 0 Å². The summed E-state index contributed by atoms with van der Waals surface area (Å²) in [6.45, 7) is 2.00. The van der Waals surface area contributed by atoms with Crippen LogP contribution in [0, 0.1) is 6.92 Å². The fourth-order valence-corrected chi connectivity index (χ4v) is 2.38. The van der Waals surface area contributed by atoms with Crippen LogP contribution < -0.4 is 9.80 Å². The van der Waals surface area contributed by atoms with Gasteiger partial charge in [0.15, 0.2) is 0 Å². The molecule has 2 rings (SSSR count). The van der Waals surface area contributed by atoms with E-state index in [4.69, 9.17) is 0 Å². The van der Waals surface area contributed by atoms with E-state index in [-0.39, 0.29) is 5.56 Å². The van der Waals surface area contributed by atoms with Crippen molar-refractivity contribution < 1.29 is 22.8 Å². The third-order valence-corrected chi connectivity index (χ3v) is 3.76. The lowest BCUT2D eigenvalue weighted by Gasteiger charge is -2.15. The van der Waals surface area contributed by atoms with Gasteiger partial charge < -0.3 is 9.80 Å². The number of alkyl halides is 3. The molecule has 0 fully saturated rings. The summed E-state index contributed by atoms with van der Waals surface area (Å²) in [5.74, 6) is 0. The molecule has 0 spiro atoms. The Hall–Kier alpha value is -2.83. The molecule has 0 bridgehead atoms. The third kappa shape index (κ3) is 6.44. The molecule has 0 aromatic heterocycles. The Morgan fingerprint density at radius 2 is 1.41 bits per heavy atom. The van der Waals surface area contributed by atoms with Crippen LogP contribution in [0.1, 0.15) is 31.8 Å². The Bertz CT molecular complexity index is 800. The number of nitrogens with zero attached hydrogens (tertiary/aromatic N) is 2. The van der Waals surface area contributed by atoms with E-state index < -0.39 is 11.7 Å². The Morgan fingerprint density at radius 1 is 0.815 bits per heavy atom. The second kappa shape index (κ2) is 9.21. The monoisotopic (exact) mass is 380 g/mol. The molecule has 0 atom stereocenters. The van der Waals surface area contributed by atoms with Crippen molar-refractivity contribution >= 4 is 23.9 Å². The van der Waals surface area contributed by atoms with Gasteiger partial charge in [-0.05, 0) is 48.9 Å². The van der Waals surface area contributed by atoms with E-state index in [9.17, 15) is 22.8 Å². The second-order valence-corrected chi connectivity index (χ2v) is 6.38. The van der Waals surface area contributed by atoms with Crippen molar-refractivity contribution in [1.82, 2.24) is 0 Å². The van der Waals surface area contributed by atoms with Crippen LogP contribution in [-0.4, -0.2) is 40.8 Å². The number of carbonyl (C=O) groups is 2. The Balaban J connectivity index is 0.000000277. The van der Waals surface area contributed by atoms with Crippen molar-refractivity contribution in [3.63, 3.8) is 0 Å². The lowest BCUT2D eigenvalue weighted by molar-refractivity contribution is -0.137. The number of halogens is 3. The molecule has 0 aliphatic rings. The number of benzene rings is 2. The molecule has 0 radical (unpaired) electrons. The van der Waals surface area contributed by atoms with Crippen LogP contribution in [0.2, 0.25) is 0 Å². The largest absolute Gasteiger partial charge is 0.416 e. The van der Waals surface area contributed by atoms with E-state index >= 15 is 0 Å². The van der Waals surface area contributed by atoms with E-state index in [1.165, 1.54) is 11.0 Å². The fourth-order valence-electron chi connectivity index (χ4n) is 2.38. The van der Waals surface area contributed by atoms with E-state index in [0.29, 0.717) is 12.0 Å². The highest BCUT2D eigenvalue weighted by Gasteiger charge is 2.31. The van der Waals surface area contributed by atoms with Crippen molar-refractivity contribution in [3.8, 4) is 0 Å². The van der Waals surface area contributed by atoms with Crippen LogP contribution in [0.5, 0.6) is 0 Å². The van der Waals surface area contributed by atoms with Gasteiger partial charge in [0, 0.05) is 50.7 Å². The summed E-state index contributed by atoms with van der Waals surface area (Å²) < 4.78 is 37.2. The van der Waals surface area contributed by atoms with Gasteiger partial charge in [0.25, 0.3) is 0 Å². The SMILES string of the molecule is CN(C)c1cc(C=O)cc(C(F)(F)F)c1.Cc1cc(C=O)ccc1N(C)C. The molecule has 146 valence electrons. The van der Waals surface area contributed by atoms with Crippen molar-refractivity contribution in [2.45, 2.75) is 13.1 Å². The molecular formula is C20H23F3N2O2. The topological polar surface area (TPSA) is 40.6 Å². The number of aryl methyl sites for hydroxylation is 1. The van der Waals surface area contributed by atoms with Gasteiger partial charge in [0.1, 0.15) is 12.6 Å². The highest BCUT2D eigenvalue weighted by atomic mass is 19.4. The molecule has 0 aliphatic heterocycles. The lowest BCUT2D eigenvalue weighted by Crippen LogP contribution is -2.12. The molecule has 0 unspecified atom stereocenters. The molecule has 0 aliphatic carbocycles. The predicted molar refractivity (Wildman–Crippen MR) is 102 cm³/mol. The lowest BCUT2D eigenvalue weighted by atomic mass is 10.1. The van der Waals surface area contributed by atoms with E-state index in [0.717, 1.165) is 35.2 Å². The first-order valence-electron chi connectivity index (χ1n) is 8.07. The maximum Gasteiger partial charge on any atom is 0.416 e. The Morgan fingerprint density at radius 3 is 1.81 bits per heavy atom. The van der Waals surface area contributed by atoms with Crippen molar-refractivity contribution in [2.24, 2.45) is 0 Å². The van der Waals surface area contributed by atoms with Crippen molar-refractivity contribution in [1.29, 1.82) is 0 Å². The van der Waals surface area contributed by atoms with E-state index in [1.54, 1.807) is 14.1 Å². The smallest absolute Gasteiger partial charge is 0.378 e. The summed E-state index contributed by atoms with van der Waals surface area (Å²) in [4.78, 5) is 24.4. The third-order valence-electron chi connectivity index (χ3n) is 3.76. The fraction of sp³-hybridized carbons (Fsp3) is 0.300. The van der Waals surface area contributed by atoms with Gasteiger partial charge in [-0.3, -0.25) is 9.59 Å². The predicted octanol–water partition coefficient (Wildman–Crippen LogP) is 4.46. The van der Waals surface area contributed by atoms with Gasteiger partial charge in [-0.15, -0.1) is 0 Å². The Kier molecular flexibility index (Phi) is 7.57. The standard InChI is InChI=1S/C10H10F3NO.C10H13NO/c1-14(2)9-4-7(6-15)3-8(5-9)10(11,12)13;1-8-6-9(7-12)4-5-10(8)11(2)3/h3-6H,1-2H3;4-7H,1-3H3. The molecule has 2 aromatic carbocycles. The summed E-state index contributed by atoms with van der Waals surface area (Å²) in [6.07, 6.45) is -3.15. The summed E-state index contributed by atoms with van der Waals surface area (Å²) in [6, 6.07) is 8.92. The summed E-state index contributed by atoms with van der Waals surface area (Å²) >= 11 is 0. The molecule has 4 nitrogen and oxygen atoms in total. The van der Waals surface area contributed by atoms with Crippen LogP contribution in [-0.2, 0) is 6.18 Å². The number of rotatable bonds is 4. The maximum atomic E-state index is 12.4. The molecule has 27 heavy (non-hydrogen) atoms. The van der Waals surface area contributed by atoms with Gasteiger partial charge in [-0.2, -0.15) is 13.2 Å². The quantitative estimate of drug-likeness (QED) is 0.735. The first kappa shape index (κ1) is 22.2. The molecule has 7 heteroatoms. The molecule has 0 heterocycles. The highest BCUT2D eigenvalue weighted by molar-refractivity contribution is 5.78. The maximum absolute atomic E-state index is 12.4. The molecule has 0 saturated carbocycles. The van der Waals surface area contributed by atoms with Crippen LogP contribution in [0.3, 0.4) is 0 Å².